The molecule has 0 aliphatic carbocycles. The highest BCUT2D eigenvalue weighted by molar-refractivity contribution is 6.35. The number of fused-ring (bicyclic) bond motifs is 2. The highest BCUT2D eigenvalue weighted by Gasteiger charge is 2.41. The number of halogens is 3. The van der Waals surface area contributed by atoms with Crippen molar-refractivity contribution in [2.24, 2.45) is 5.92 Å². The fourth-order valence-corrected chi connectivity index (χ4v) is 7.59. The van der Waals surface area contributed by atoms with Crippen LogP contribution in [0.5, 0.6) is 5.75 Å². The predicted molar refractivity (Wildman–Crippen MR) is 175 cm³/mol. The van der Waals surface area contributed by atoms with Gasteiger partial charge in [-0.05, 0) is 87.8 Å². The summed E-state index contributed by atoms with van der Waals surface area (Å²) in [5.74, 6) is 0.338. The summed E-state index contributed by atoms with van der Waals surface area (Å²) >= 11 is 18.6. The van der Waals surface area contributed by atoms with Crippen LogP contribution in [0.4, 0.5) is 5.69 Å². The Morgan fingerprint density at radius 1 is 0.955 bits per heavy atom. The van der Waals surface area contributed by atoms with Gasteiger partial charge in [-0.2, -0.15) is 0 Å². The lowest BCUT2D eigenvalue weighted by Crippen LogP contribution is -2.51. The van der Waals surface area contributed by atoms with Crippen molar-refractivity contribution in [1.29, 1.82) is 0 Å². The molecule has 3 heterocycles. The van der Waals surface area contributed by atoms with Crippen molar-refractivity contribution in [2.75, 3.05) is 37.7 Å². The molecule has 0 aromatic heterocycles. The van der Waals surface area contributed by atoms with Gasteiger partial charge >= 0.3 is 0 Å². The van der Waals surface area contributed by atoms with Gasteiger partial charge in [0.15, 0.2) is 6.61 Å². The van der Waals surface area contributed by atoms with Gasteiger partial charge in [-0.3, -0.25) is 19.3 Å². The Morgan fingerprint density at radius 2 is 1.66 bits per heavy atom. The van der Waals surface area contributed by atoms with Crippen LogP contribution in [0.3, 0.4) is 0 Å². The number of piperidine rings is 2. The lowest BCUT2D eigenvalue weighted by molar-refractivity contribution is -0.133. The Labute approximate surface area is 274 Å². The van der Waals surface area contributed by atoms with Crippen molar-refractivity contribution in [3.05, 3.63) is 57.0 Å². The molecular weight excluding hydrogens is 623 g/mol. The van der Waals surface area contributed by atoms with Gasteiger partial charge in [-0.1, -0.05) is 40.9 Å². The standard InChI is InChI=1S/C33H41Cl3N4O4/c1-21-4-6-28(19-29(21)35)40(33(43)23-10-14-38(15-11-23)22(2)41)13-3-12-39-26-7-8-27(39)18-25(17-26)37-32(42)20-44-31-9-5-24(34)16-30(31)36/h4-6,9,16,19,23,25-27H,3,7-8,10-15,17-18,20H2,1-2H3,(H,37,42). The van der Waals surface area contributed by atoms with Crippen LogP contribution in [0.15, 0.2) is 36.4 Å². The zero-order chi connectivity index (χ0) is 31.4. The molecular formula is C33H41Cl3N4O4. The second-order valence-corrected chi connectivity index (χ2v) is 13.5. The summed E-state index contributed by atoms with van der Waals surface area (Å²) in [6.45, 7) is 6.16. The summed E-state index contributed by atoms with van der Waals surface area (Å²) in [4.78, 5) is 44.6. The van der Waals surface area contributed by atoms with Crippen molar-refractivity contribution in [1.82, 2.24) is 15.1 Å². The molecule has 2 bridgehead atoms. The molecule has 238 valence electrons. The van der Waals surface area contributed by atoms with Gasteiger partial charge in [-0.15, -0.1) is 0 Å². The first kappa shape index (κ1) is 32.9. The fourth-order valence-electron chi connectivity index (χ4n) is 6.95. The monoisotopic (exact) mass is 662 g/mol. The van der Waals surface area contributed by atoms with E-state index >= 15 is 0 Å². The lowest BCUT2D eigenvalue weighted by Gasteiger charge is -2.39. The van der Waals surface area contributed by atoms with Crippen molar-refractivity contribution in [3.63, 3.8) is 0 Å². The predicted octanol–water partition coefficient (Wildman–Crippen LogP) is 6.13. The van der Waals surface area contributed by atoms with E-state index < -0.39 is 0 Å². The molecule has 0 saturated carbocycles. The highest BCUT2D eigenvalue weighted by Crippen LogP contribution is 2.36. The zero-order valence-electron chi connectivity index (χ0n) is 25.4. The van der Waals surface area contributed by atoms with Crippen molar-refractivity contribution >= 4 is 58.2 Å². The molecule has 3 fully saturated rings. The average molecular weight is 664 g/mol. The number of aryl methyl sites for hydroxylation is 1. The zero-order valence-corrected chi connectivity index (χ0v) is 27.6. The number of likely N-dealkylation sites (tertiary alicyclic amines) is 1. The largest absolute Gasteiger partial charge is 0.482 e. The van der Waals surface area contributed by atoms with Crippen LogP contribution >= 0.6 is 34.8 Å². The number of carbonyl (C=O) groups excluding carboxylic acids is 3. The van der Waals surface area contributed by atoms with E-state index in [0.717, 1.165) is 49.9 Å². The molecule has 2 aromatic rings. The topological polar surface area (TPSA) is 82.2 Å². The molecule has 5 rings (SSSR count). The number of benzene rings is 2. The third-order valence-corrected chi connectivity index (χ3v) is 10.3. The molecule has 11 heteroatoms. The Bertz CT molecular complexity index is 1350. The second kappa shape index (κ2) is 14.7. The number of carbonyl (C=O) groups is 3. The number of hydrogen-bond acceptors (Lipinski definition) is 5. The van der Waals surface area contributed by atoms with Crippen LogP contribution in [0.2, 0.25) is 15.1 Å². The quantitative estimate of drug-likeness (QED) is 0.331. The highest BCUT2D eigenvalue weighted by atomic mass is 35.5. The first-order valence-electron chi connectivity index (χ1n) is 15.5. The fraction of sp³-hybridized carbons (Fsp3) is 0.545. The van der Waals surface area contributed by atoms with E-state index in [1.165, 1.54) is 0 Å². The van der Waals surface area contributed by atoms with Crippen LogP contribution in [-0.4, -0.2) is 78.4 Å². The minimum Gasteiger partial charge on any atom is -0.482 e. The number of nitrogens with one attached hydrogen (secondary N) is 1. The van der Waals surface area contributed by atoms with Gasteiger partial charge in [0.05, 0.1) is 5.02 Å². The number of ether oxygens (including phenoxy) is 1. The molecule has 3 amide bonds. The summed E-state index contributed by atoms with van der Waals surface area (Å²) in [5, 5.41) is 4.70. The number of hydrogen-bond donors (Lipinski definition) is 1. The molecule has 44 heavy (non-hydrogen) atoms. The van der Waals surface area contributed by atoms with E-state index in [1.807, 2.05) is 34.9 Å². The van der Waals surface area contributed by atoms with E-state index in [-0.39, 0.29) is 36.3 Å². The third-order valence-electron chi connectivity index (χ3n) is 9.32. The molecule has 2 unspecified atom stereocenters. The minimum absolute atomic E-state index is 0.0622. The van der Waals surface area contributed by atoms with E-state index in [0.29, 0.717) is 65.4 Å². The molecule has 3 saturated heterocycles. The lowest BCUT2D eigenvalue weighted by atomic mass is 9.94. The van der Waals surface area contributed by atoms with Crippen LogP contribution in [0.25, 0.3) is 0 Å². The van der Waals surface area contributed by atoms with Crippen LogP contribution in [0.1, 0.15) is 57.4 Å². The smallest absolute Gasteiger partial charge is 0.258 e. The van der Waals surface area contributed by atoms with Gasteiger partial charge in [0.1, 0.15) is 5.75 Å². The first-order chi connectivity index (χ1) is 21.1. The van der Waals surface area contributed by atoms with Crippen molar-refractivity contribution < 1.29 is 19.1 Å². The molecule has 0 spiro atoms. The van der Waals surface area contributed by atoms with Crippen LogP contribution in [-0.2, 0) is 14.4 Å². The van der Waals surface area contributed by atoms with Gasteiger partial charge < -0.3 is 19.9 Å². The maximum absolute atomic E-state index is 13.8. The normalized spacial score (nSPS) is 22.1. The van der Waals surface area contributed by atoms with Crippen LogP contribution < -0.4 is 15.0 Å². The van der Waals surface area contributed by atoms with Gasteiger partial charge in [0.25, 0.3) is 5.91 Å². The Balaban J connectivity index is 1.14. The first-order valence-corrected chi connectivity index (χ1v) is 16.7. The SMILES string of the molecule is CC(=O)N1CCC(C(=O)N(CCCN2C3CCC2CC(NC(=O)COc2ccc(Cl)cc2Cl)C3)c2ccc(C)c(Cl)c2)CC1. The van der Waals surface area contributed by atoms with E-state index in [4.69, 9.17) is 39.5 Å². The maximum Gasteiger partial charge on any atom is 0.258 e. The Morgan fingerprint density at radius 3 is 2.30 bits per heavy atom. The number of amides is 3. The van der Waals surface area contributed by atoms with Gasteiger partial charge in [-0.25, -0.2) is 0 Å². The molecule has 3 aliphatic heterocycles. The summed E-state index contributed by atoms with van der Waals surface area (Å²) < 4.78 is 5.62. The van der Waals surface area contributed by atoms with E-state index in [1.54, 1.807) is 25.1 Å². The van der Waals surface area contributed by atoms with Crippen molar-refractivity contribution in [3.8, 4) is 5.75 Å². The van der Waals surface area contributed by atoms with E-state index in [9.17, 15) is 14.4 Å². The van der Waals surface area contributed by atoms with Crippen LogP contribution in [0, 0.1) is 12.8 Å². The molecule has 3 aliphatic rings. The molecule has 2 aromatic carbocycles. The van der Waals surface area contributed by atoms with Crippen molar-refractivity contribution in [2.45, 2.75) is 76.9 Å². The molecule has 1 N–H and O–H groups in total. The minimum atomic E-state index is -0.158. The van der Waals surface area contributed by atoms with Gasteiger partial charge in [0, 0.05) is 72.9 Å². The summed E-state index contributed by atoms with van der Waals surface area (Å²) in [6.07, 6.45) is 6.20. The number of rotatable bonds is 10. The summed E-state index contributed by atoms with van der Waals surface area (Å²) in [5.41, 5.74) is 1.80. The Hall–Kier alpha value is -2.52. The second-order valence-electron chi connectivity index (χ2n) is 12.3. The molecule has 0 radical (unpaired) electrons. The maximum atomic E-state index is 13.8. The number of anilines is 1. The molecule has 2 atom stereocenters. The van der Waals surface area contributed by atoms with Gasteiger partial charge in [0.2, 0.25) is 11.8 Å². The number of nitrogens with zero attached hydrogens (tertiary/aromatic N) is 3. The summed E-state index contributed by atoms with van der Waals surface area (Å²) in [7, 11) is 0. The average Bonchev–Trinajstić information content (AvgIpc) is 3.23. The Kier molecular flexibility index (Phi) is 11.0. The van der Waals surface area contributed by atoms with E-state index in [2.05, 4.69) is 10.2 Å². The third kappa shape index (κ3) is 8.00. The molecule has 8 nitrogen and oxygen atoms in total. The summed E-state index contributed by atoms with van der Waals surface area (Å²) in [6, 6.07) is 11.7.